The fourth-order valence-electron chi connectivity index (χ4n) is 0.948. The van der Waals surface area contributed by atoms with Gasteiger partial charge in [-0.25, -0.2) is 0 Å². The topological polar surface area (TPSA) is 0 Å². The monoisotopic (exact) mass is 160 g/mol. The van der Waals surface area contributed by atoms with Gasteiger partial charge in [-0.15, -0.1) is 11.6 Å². The van der Waals surface area contributed by atoms with E-state index in [0.717, 1.165) is 12.3 Å². The molecular formula is C9H17Cl. The smallest absolute Gasteiger partial charge is 0.0223 e. The Balaban J connectivity index is 3.05. The number of rotatable bonds is 6. The van der Waals surface area contributed by atoms with Gasteiger partial charge >= 0.3 is 0 Å². The van der Waals surface area contributed by atoms with E-state index in [9.17, 15) is 0 Å². The zero-order chi connectivity index (χ0) is 7.82. The van der Waals surface area contributed by atoms with E-state index in [2.05, 4.69) is 13.5 Å². The second-order valence-corrected chi connectivity index (χ2v) is 3.02. The summed E-state index contributed by atoms with van der Waals surface area (Å²) in [6, 6.07) is 0. The third-order valence-corrected chi connectivity index (χ3v) is 1.78. The van der Waals surface area contributed by atoms with E-state index in [4.69, 9.17) is 11.6 Å². The van der Waals surface area contributed by atoms with Crippen LogP contribution < -0.4 is 0 Å². The highest BCUT2D eigenvalue weighted by atomic mass is 35.5. The molecule has 0 aliphatic heterocycles. The quantitative estimate of drug-likeness (QED) is 0.316. The van der Waals surface area contributed by atoms with E-state index in [-0.39, 0.29) is 0 Å². The SMILES string of the molecule is C=C(CCC)CCCCCl. The van der Waals surface area contributed by atoms with E-state index >= 15 is 0 Å². The molecule has 0 nitrogen and oxygen atoms in total. The van der Waals surface area contributed by atoms with Crippen LogP contribution in [0.1, 0.15) is 39.0 Å². The van der Waals surface area contributed by atoms with Crippen molar-refractivity contribution in [2.24, 2.45) is 0 Å². The van der Waals surface area contributed by atoms with Crippen molar-refractivity contribution in [2.75, 3.05) is 5.88 Å². The number of alkyl halides is 1. The van der Waals surface area contributed by atoms with E-state index < -0.39 is 0 Å². The number of unbranched alkanes of at least 4 members (excludes halogenated alkanes) is 1. The maximum Gasteiger partial charge on any atom is 0.0223 e. The Labute approximate surface area is 69.3 Å². The summed E-state index contributed by atoms with van der Waals surface area (Å²) in [4.78, 5) is 0. The number of halogens is 1. The molecule has 1 heteroatoms. The summed E-state index contributed by atoms with van der Waals surface area (Å²) in [5.74, 6) is 0.791. The molecule has 0 saturated heterocycles. The van der Waals surface area contributed by atoms with Gasteiger partial charge in [0, 0.05) is 5.88 Å². The average molecular weight is 161 g/mol. The van der Waals surface area contributed by atoms with Gasteiger partial charge in [0.05, 0.1) is 0 Å². The van der Waals surface area contributed by atoms with Crippen LogP contribution in [-0.4, -0.2) is 5.88 Å². The van der Waals surface area contributed by atoms with Gasteiger partial charge in [-0.05, 0) is 25.7 Å². The van der Waals surface area contributed by atoms with Crippen molar-refractivity contribution in [3.8, 4) is 0 Å². The van der Waals surface area contributed by atoms with Gasteiger partial charge in [-0.2, -0.15) is 0 Å². The highest BCUT2D eigenvalue weighted by Crippen LogP contribution is 2.10. The molecule has 0 fully saturated rings. The highest BCUT2D eigenvalue weighted by Gasteiger charge is 1.91. The van der Waals surface area contributed by atoms with Gasteiger partial charge in [-0.3, -0.25) is 0 Å². The van der Waals surface area contributed by atoms with Crippen molar-refractivity contribution in [1.82, 2.24) is 0 Å². The summed E-state index contributed by atoms with van der Waals surface area (Å²) in [5.41, 5.74) is 1.38. The summed E-state index contributed by atoms with van der Waals surface area (Å²) in [6.45, 7) is 6.16. The molecule has 0 aromatic heterocycles. The lowest BCUT2D eigenvalue weighted by Gasteiger charge is -2.00. The fourth-order valence-corrected chi connectivity index (χ4v) is 1.14. The number of hydrogen-bond acceptors (Lipinski definition) is 0. The minimum Gasteiger partial charge on any atom is -0.127 e. The third-order valence-electron chi connectivity index (χ3n) is 1.52. The summed E-state index contributed by atoms with van der Waals surface area (Å²) < 4.78 is 0. The molecule has 60 valence electrons. The van der Waals surface area contributed by atoms with Crippen LogP contribution in [0.4, 0.5) is 0 Å². The molecule has 0 unspecified atom stereocenters. The second-order valence-electron chi connectivity index (χ2n) is 2.65. The van der Waals surface area contributed by atoms with E-state index in [1.165, 1.54) is 31.3 Å². The predicted octanol–water partition coefficient (Wildman–Crippen LogP) is 3.75. The molecule has 10 heavy (non-hydrogen) atoms. The molecule has 0 aromatic carbocycles. The molecule has 0 aromatic rings. The van der Waals surface area contributed by atoms with Crippen LogP contribution in [0.5, 0.6) is 0 Å². The van der Waals surface area contributed by atoms with Crippen LogP contribution in [-0.2, 0) is 0 Å². The summed E-state index contributed by atoms with van der Waals surface area (Å²) >= 11 is 5.53. The lowest BCUT2D eigenvalue weighted by molar-refractivity contribution is 0.749. The minimum absolute atomic E-state index is 0.791. The van der Waals surface area contributed by atoms with Crippen molar-refractivity contribution in [2.45, 2.75) is 39.0 Å². The average Bonchev–Trinajstić information content (AvgIpc) is 1.89. The molecule has 0 aliphatic carbocycles. The number of hydrogen-bond donors (Lipinski definition) is 0. The first-order chi connectivity index (χ1) is 4.81. The molecule has 0 aliphatic rings. The van der Waals surface area contributed by atoms with Crippen molar-refractivity contribution in [1.29, 1.82) is 0 Å². The first kappa shape index (κ1) is 10.0. The Hall–Kier alpha value is 0.0300. The van der Waals surface area contributed by atoms with E-state index in [1.807, 2.05) is 0 Å². The van der Waals surface area contributed by atoms with Crippen LogP contribution in [0.3, 0.4) is 0 Å². The Bertz CT molecular complexity index is 86.7. The van der Waals surface area contributed by atoms with Crippen LogP contribution in [0, 0.1) is 0 Å². The van der Waals surface area contributed by atoms with Crippen LogP contribution in [0.2, 0.25) is 0 Å². The molecular weight excluding hydrogens is 144 g/mol. The van der Waals surface area contributed by atoms with Crippen LogP contribution in [0.25, 0.3) is 0 Å². The van der Waals surface area contributed by atoms with Crippen molar-refractivity contribution in [3.05, 3.63) is 12.2 Å². The fraction of sp³-hybridized carbons (Fsp3) is 0.778. The van der Waals surface area contributed by atoms with Gasteiger partial charge in [-0.1, -0.05) is 25.5 Å². The molecule has 0 heterocycles. The molecule has 0 bridgehead atoms. The van der Waals surface area contributed by atoms with Gasteiger partial charge in [0.15, 0.2) is 0 Å². The lowest BCUT2D eigenvalue weighted by atomic mass is 10.1. The summed E-state index contributed by atoms with van der Waals surface area (Å²) in [6.07, 6.45) is 5.91. The zero-order valence-electron chi connectivity index (χ0n) is 6.83. The first-order valence-electron chi connectivity index (χ1n) is 4.04. The van der Waals surface area contributed by atoms with Gasteiger partial charge < -0.3 is 0 Å². The molecule has 0 spiro atoms. The Kier molecular flexibility index (Phi) is 7.16. The largest absolute Gasteiger partial charge is 0.127 e. The Morgan fingerprint density at radius 1 is 1.30 bits per heavy atom. The molecule has 0 rings (SSSR count). The molecule has 0 atom stereocenters. The normalized spacial score (nSPS) is 9.80. The second kappa shape index (κ2) is 7.14. The molecule has 0 radical (unpaired) electrons. The van der Waals surface area contributed by atoms with E-state index in [1.54, 1.807) is 0 Å². The summed E-state index contributed by atoms with van der Waals surface area (Å²) in [5, 5.41) is 0. The highest BCUT2D eigenvalue weighted by molar-refractivity contribution is 6.17. The van der Waals surface area contributed by atoms with Crippen molar-refractivity contribution in [3.63, 3.8) is 0 Å². The lowest BCUT2D eigenvalue weighted by Crippen LogP contribution is -1.82. The van der Waals surface area contributed by atoms with Gasteiger partial charge in [0.25, 0.3) is 0 Å². The van der Waals surface area contributed by atoms with Crippen LogP contribution >= 0.6 is 11.6 Å². The van der Waals surface area contributed by atoms with Gasteiger partial charge in [0.1, 0.15) is 0 Å². The Morgan fingerprint density at radius 3 is 2.50 bits per heavy atom. The van der Waals surface area contributed by atoms with Crippen LogP contribution in [0.15, 0.2) is 12.2 Å². The molecule has 0 N–H and O–H groups in total. The third kappa shape index (κ3) is 6.15. The standard InChI is InChI=1S/C9H17Cl/c1-3-6-9(2)7-4-5-8-10/h2-8H2,1H3. The predicted molar refractivity (Wildman–Crippen MR) is 48.6 cm³/mol. The van der Waals surface area contributed by atoms with Crippen molar-refractivity contribution >= 4 is 11.6 Å². The molecule has 0 saturated carbocycles. The van der Waals surface area contributed by atoms with Crippen molar-refractivity contribution < 1.29 is 0 Å². The Morgan fingerprint density at radius 2 is 2.00 bits per heavy atom. The zero-order valence-corrected chi connectivity index (χ0v) is 7.58. The molecule has 0 amide bonds. The van der Waals surface area contributed by atoms with E-state index in [0.29, 0.717) is 0 Å². The maximum atomic E-state index is 5.53. The maximum absolute atomic E-state index is 5.53. The first-order valence-corrected chi connectivity index (χ1v) is 4.57. The number of allylic oxidation sites excluding steroid dienone is 1. The summed E-state index contributed by atoms with van der Waals surface area (Å²) in [7, 11) is 0. The van der Waals surface area contributed by atoms with Gasteiger partial charge in [0.2, 0.25) is 0 Å². The minimum atomic E-state index is 0.791.